The number of urea groups is 1. The second-order valence-corrected chi connectivity index (χ2v) is 9.16. The van der Waals surface area contributed by atoms with E-state index in [1.54, 1.807) is 11.0 Å². The molecule has 1 saturated heterocycles. The number of benzene rings is 2. The molecule has 0 radical (unpaired) electrons. The summed E-state index contributed by atoms with van der Waals surface area (Å²) >= 11 is 1.43. The summed E-state index contributed by atoms with van der Waals surface area (Å²) in [6, 6.07) is 12.6. The Morgan fingerprint density at radius 1 is 1.06 bits per heavy atom. The molecule has 2 atom stereocenters. The van der Waals surface area contributed by atoms with Gasteiger partial charge in [0, 0.05) is 5.56 Å². The van der Waals surface area contributed by atoms with Crippen molar-refractivity contribution in [3.05, 3.63) is 76.5 Å². The summed E-state index contributed by atoms with van der Waals surface area (Å²) in [5.74, 6) is 0.597. The molecule has 7 nitrogen and oxygen atoms in total. The van der Waals surface area contributed by atoms with E-state index in [0.717, 1.165) is 16.7 Å². The fraction of sp³-hybridized carbons (Fsp3) is 0.250. The zero-order chi connectivity index (χ0) is 22.4. The molecule has 3 aromatic rings. The van der Waals surface area contributed by atoms with E-state index in [1.807, 2.05) is 68.7 Å². The van der Waals surface area contributed by atoms with Gasteiger partial charge in [-0.1, -0.05) is 35.5 Å². The Labute approximate surface area is 190 Å². The zero-order valence-electron chi connectivity index (χ0n) is 18.0. The molecule has 5 rings (SSSR count). The van der Waals surface area contributed by atoms with Crippen molar-refractivity contribution < 1.29 is 14.1 Å². The van der Waals surface area contributed by atoms with Crippen LogP contribution in [0.5, 0.6) is 0 Å². The zero-order valence-corrected chi connectivity index (χ0v) is 18.8. The van der Waals surface area contributed by atoms with Crippen LogP contribution in [0.1, 0.15) is 22.6 Å². The highest BCUT2D eigenvalue weighted by Crippen LogP contribution is 2.37. The lowest BCUT2D eigenvalue weighted by molar-refractivity contribution is -0.119. The maximum Gasteiger partial charge on any atom is 0.332 e. The third kappa shape index (κ3) is 3.50. The van der Waals surface area contributed by atoms with Crippen molar-refractivity contribution in [2.24, 2.45) is 0 Å². The number of imide groups is 1. The molecule has 3 heterocycles. The number of thioether (sulfide) groups is 1. The van der Waals surface area contributed by atoms with Crippen LogP contribution in [-0.2, 0) is 11.3 Å². The van der Waals surface area contributed by atoms with Gasteiger partial charge in [-0.2, -0.15) is 4.98 Å². The Hall–Kier alpha value is -3.39. The number of anilines is 1. The number of amides is 3. The highest BCUT2D eigenvalue weighted by atomic mass is 32.2. The summed E-state index contributed by atoms with van der Waals surface area (Å²) in [5.41, 5.74) is 4.73. The van der Waals surface area contributed by atoms with E-state index in [4.69, 9.17) is 4.52 Å². The van der Waals surface area contributed by atoms with Crippen LogP contribution in [0.2, 0.25) is 0 Å². The molecule has 1 aromatic heterocycles. The van der Waals surface area contributed by atoms with Crippen molar-refractivity contribution in [2.45, 2.75) is 38.6 Å². The van der Waals surface area contributed by atoms with Gasteiger partial charge in [0.2, 0.25) is 11.7 Å². The molecule has 0 N–H and O–H groups in total. The Morgan fingerprint density at radius 2 is 1.91 bits per heavy atom. The van der Waals surface area contributed by atoms with Gasteiger partial charge < -0.3 is 9.42 Å². The average molecular weight is 447 g/mol. The largest absolute Gasteiger partial charge is 0.337 e. The van der Waals surface area contributed by atoms with Gasteiger partial charge in [-0.05, 0) is 61.1 Å². The van der Waals surface area contributed by atoms with Crippen LogP contribution in [0, 0.1) is 20.8 Å². The molecule has 3 amide bonds. The molecular formula is C24H22N4O3S. The number of aryl methyl sites for hydroxylation is 3. The first-order chi connectivity index (χ1) is 15.4. The highest BCUT2D eigenvalue weighted by Gasteiger charge is 2.48. The molecule has 0 bridgehead atoms. The standard InChI is InChI=1S/C24H22N4O3S/c1-14-5-4-6-18(11-14)28-23(29)21-19(9-10-32-21)27(24(28)30)13-20-25-22(26-31-20)17-8-7-15(2)16(3)12-17/h4-12,19,21H,13H2,1-3H3. The molecule has 0 spiro atoms. The van der Waals surface area contributed by atoms with Gasteiger partial charge in [0.05, 0.1) is 11.7 Å². The van der Waals surface area contributed by atoms with E-state index in [2.05, 4.69) is 10.1 Å². The van der Waals surface area contributed by atoms with Crippen molar-refractivity contribution >= 4 is 29.4 Å². The molecule has 32 heavy (non-hydrogen) atoms. The maximum atomic E-state index is 13.5. The van der Waals surface area contributed by atoms with Gasteiger partial charge in [0.1, 0.15) is 11.8 Å². The van der Waals surface area contributed by atoms with E-state index in [-0.39, 0.29) is 24.5 Å². The minimum absolute atomic E-state index is 0.123. The van der Waals surface area contributed by atoms with Gasteiger partial charge in [0.25, 0.3) is 5.91 Å². The predicted octanol–water partition coefficient (Wildman–Crippen LogP) is 4.63. The number of hydrogen-bond donors (Lipinski definition) is 0. The first-order valence-electron chi connectivity index (χ1n) is 10.4. The lowest BCUT2D eigenvalue weighted by Gasteiger charge is -2.40. The van der Waals surface area contributed by atoms with Crippen LogP contribution < -0.4 is 4.90 Å². The van der Waals surface area contributed by atoms with Crippen LogP contribution in [0.3, 0.4) is 0 Å². The van der Waals surface area contributed by atoms with Crippen LogP contribution in [0.25, 0.3) is 11.4 Å². The monoisotopic (exact) mass is 446 g/mol. The SMILES string of the molecule is Cc1cccc(N2C(=O)C3SC=CC3N(Cc3nc(-c4ccc(C)c(C)c4)no3)C2=O)c1. The molecule has 2 unspecified atom stereocenters. The van der Waals surface area contributed by atoms with E-state index in [1.165, 1.54) is 22.2 Å². The summed E-state index contributed by atoms with van der Waals surface area (Å²) in [6.45, 7) is 6.14. The van der Waals surface area contributed by atoms with Crippen molar-refractivity contribution in [3.8, 4) is 11.4 Å². The summed E-state index contributed by atoms with van der Waals surface area (Å²) in [5, 5.41) is 5.59. The first-order valence-corrected chi connectivity index (χ1v) is 11.3. The van der Waals surface area contributed by atoms with Gasteiger partial charge in [-0.3, -0.25) is 4.79 Å². The highest BCUT2D eigenvalue weighted by molar-refractivity contribution is 8.03. The van der Waals surface area contributed by atoms with Gasteiger partial charge >= 0.3 is 6.03 Å². The second kappa shape index (κ2) is 7.94. The third-order valence-electron chi connectivity index (χ3n) is 5.87. The van der Waals surface area contributed by atoms with Crippen molar-refractivity contribution in [3.63, 3.8) is 0 Å². The Balaban J connectivity index is 1.45. The smallest absolute Gasteiger partial charge is 0.332 e. The minimum Gasteiger partial charge on any atom is -0.337 e. The number of rotatable bonds is 4. The van der Waals surface area contributed by atoms with Gasteiger partial charge in [-0.25, -0.2) is 9.69 Å². The molecule has 162 valence electrons. The molecule has 0 saturated carbocycles. The van der Waals surface area contributed by atoms with Crippen molar-refractivity contribution in [1.82, 2.24) is 15.0 Å². The Morgan fingerprint density at radius 3 is 2.69 bits per heavy atom. The van der Waals surface area contributed by atoms with Crippen LogP contribution in [0.15, 0.2) is 58.5 Å². The number of carbonyl (C=O) groups is 2. The van der Waals surface area contributed by atoms with Crippen molar-refractivity contribution in [1.29, 1.82) is 0 Å². The Bertz CT molecular complexity index is 1250. The summed E-state index contributed by atoms with van der Waals surface area (Å²) in [4.78, 5) is 34.0. The van der Waals surface area contributed by atoms with Crippen LogP contribution in [0.4, 0.5) is 10.5 Å². The summed E-state index contributed by atoms with van der Waals surface area (Å²) < 4.78 is 5.49. The van der Waals surface area contributed by atoms with Gasteiger partial charge in [-0.15, -0.1) is 11.8 Å². The molecule has 2 aromatic carbocycles. The molecular weight excluding hydrogens is 424 g/mol. The number of nitrogens with zero attached hydrogens (tertiary/aromatic N) is 4. The minimum atomic E-state index is -0.393. The fourth-order valence-corrected chi connectivity index (χ4v) is 5.02. The Kier molecular flexibility index (Phi) is 5.09. The van der Waals surface area contributed by atoms with Gasteiger partial charge in [0.15, 0.2) is 0 Å². The first kappa shape index (κ1) is 20.5. The average Bonchev–Trinajstić information content (AvgIpc) is 3.43. The number of aromatic nitrogens is 2. The topological polar surface area (TPSA) is 79.5 Å². The molecule has 2 aliphatic rings. The van der Waals surface area contributed by atoms with E-state index < -0.39 is 5.25 Å². The summed E-state index contributed by atoms with van der Waals surface area (Å²) in [6.07, 6.45) is 1.89. The number of carbonyl (C=O) groups excluding carboxylic acids is 2. The maximum absolute atomic E-state index is 13.5. The number of fused-ring (bicyclic) bond motifs is 1. The lowest BCUT2D eigenvalue weighted by Crippen LogP contribution is -2.61. The second-order valence-electron chi connectivity index (χ2n) is 8.11. The van der Waals surface area contributed by atoms with E-state index in [0.29, 0.717) is 17.4 Å². The normalized spacial score (nSPS) is 20.2. The molecule has 8 heteroatoms. The van der Waals surface area contributed by atoms with E-state index in [9.17, 15) is 9.59 Å². The predicted molar refractivity (Wildman–Crippen MR) is 123 cm³/mol. The lowest BCUT2D eigenvalue weighted by atomic mass is 10.1. The molecule has 2 aliphatic heterocycles. The summed E-state index contributed by atoms with van der Waals surface area (Å²) in [7, 11) is 0. The fourth-order valence-electron chi connectivity index (χ4n) is 3.98. The van der Waals surface area contributed by atoms with Crippen LogP contribution >= 0.6 is 11.8 Å². The van der Waals surface area contributed by atoms with Crippen molar-refractivity contribution in [2.75, 3.05) is 4.90 Å². The van der Waals surface area contributed by atoms with E-state index >= 15 is 0 Å². The quantitative estimate of drug-likeness (QED) is 0.581. The molecule has 1 fully saturated rings. The number of hydrogen-bond acceptors (Lipinski definition) is 6. The van der Waals surface area contributed by atoms with Crippen LogP contribution in [-0.4, -0.2) is 38.3 Å². The molecule has 0 aliphatic carbocycles. The third-order valence-corrected chi connectivity index (χ3v) is 6.96.